The summed E-state index contributed by atoms with van der Waals surface area (Å²) < 4.78 is 0. The Bertz CT molecular complexity index is 756. The molecule has 0 fully saturated rings. The predicted octanol–water partition coefficient (Wildman–Crippen LogP) is 2.35. The van der Waals surface area contributed by atoms with E-state index in [0.29, 0.717) is 18.1 Å². The van der Waals surface area contributed by atoms with Crippen molar-refractivity contribution < 1.29 is 0 Å². The van der Waals surface area contributed by atoms with Gasteiger partial charge in [-0.1, -0.05) is 24.3 Å². The van der Waals surface area contributed by atoms with Crippen LogP contribution in [-0.4, -0.2) is 20.2 Å². The Kier molecular flexibility index (Phi) is 3.56. The van der Waals surface area contributed by atoms with Crippen LogP contribution >= 0.6 is 0 Å². The van der Waals surface area contributed by atoms with E-state index in [1.54, 1.807) is 12.4 Å². The van der Waals surface area contributed by atoms with Gasteiger partial charge in [0.15, 0.2) is 11.5 Å². The van der Waals surface area contributed by atoms with Crippen LogP contribution < -0.4 is 5.32 Å². The van der Waals surface area contributed by atoms with Crippen molar-refractivity contribution in [2.24, 2.45) is 0 Å². The predicted molar refractivity (Wildman–Crippen MR) is 78.1 cm³/mol. The van der Waals surface area contributed by atoms with Crippen LogP contribution in [0.4, 0.5) is 5.82 Å². The number of aromatic nitrogens is 4. The minimum Gasteiger partial charge on any atom is -0.364 e. The Morgan fingerprint density at radius 3 is 2.57 bits per heavy atom. The van der Waals surface area contributed by atoms with Gasteiger partial charge >= 0.3 is 0 Å². The maximum Gasteiger partial charge on any atom is 0.182 e. The molecule has 0 spiro atoms. The number of nitrogens with one attached hydrogen (secondary N) is 2. The van der Waals surface area contributed by atoms with Gasteiger partial charge in [0, 0.05) is 25.1 Å². The molecule has 0 aliphatic rings. The maximum atomic E-state index is 8.96. The topological polar surface area (TPSA) is 90.3 Å². The summed E-state index contributed by atoms with van der Waals surface area (Å²) in [5, 5.41) is 18.9. The number of hydrogen-bond acceptors (Lipinski definition) is 5. The lowest BCUT2D eigenvalue weighted by molar-refractivity contribution is 1.07. The van der Waals surface area contributed by atoms with Gasteiger partial charge in [-0.05, 0) is 17.2 Å². The summed E-state index contributed by atoms with van der Waals surface area (Å²) in [5.41, 5.74) is 3.45. The van der Waals surface area contributed by atoms with E-state index in [9.17, 15) is 0 Å². The van der Waals surface area contributed by atoms with Gasteiger partial charge in [-0.2, -0.15) is 10.4 Å². The van der Waals surface area contributed by atoms with Crippen LogP contribution in [0.5, 0.6) is 0 Å². The van der Waals surface area contributed by atoms with Crippen LogP contribution in [0.2, 0.25) is 0 Å². The van der Waals surface area contributed by atoms with Gasteiger partial charge in [-0.3, -0.25) is 5.10 Å². The average molecular weight is 276 g/mol. The van der Waals surface area contributed by atoms with E-state index in [-0.39, 0.29) is 0 Å². The molecule has 21 heavy (non-hydrogen) atoms. The van der Waals surface area contributed by atoms with Crippen molar-refractivity contribution in [3.8, 4) is 17.3 Å². The molecule has 0 aliphatic carbocycles. The smallest absolute Gasteiger partial charge is 0.182 e. The molecule has 3 rings (SSSR count). The van der Waals surface area contributed by atoms with Crippen molar-refractivity contribution in [2.45, 2.75) is 6.54 Å². The van der Waals surface area contributed by atoms with E-state index in [2.05, 4.69) is 25.5 Å². The van der Waals surface area contributed by atoms with E-state index < -0.39 is 0 Å². The van der Waals surface area contributed by atoms with Crippen LogP contribution in [0, 0.1) is 11.3 Å². The molecule has 0 aliphatic heterocycles. The van der Waals surface area contributed by atoms with E-state index in [1.165, 1.54) is 6.20 Å². The van der Waals surface area contributed by atoms with Gasteiger partial charge in [-0.15, -0.1) is 0 Å². The molecular formula is C15H12N6. The molecule has 102 valence electrons. The summed E-state index contributed by atoms with van der Waals surface area (Å²) in [6.45, 7) is 0.580. The Morgan fingerprint density at radius 2 is 1.86 bits per heavy atom. The molecule has 2 aromatic heterocycles. The summed E-state index contributed by atoms with van der Waals surface area (Å²) in [4.78, 5) is 8.07. The van der Waals surface area contributed by atoms with Crippen molar-refractivity contribution in [2.75, 3.05) is 5.32 Å². The third-order valence-corrected chi connectivity index (χ3v) is 3.03. The zero-order valence-electron chi connectivity index (χ0n) is 11.1. The van der Waals surface area contributed by atoms with Gasteiger partial charge in [0.2, 0.25) is 0 Å². The van der Waals surface area contributed by atoms with Crippen LogP contribution in [0.1, 0.15) is 11.3 Å². The SMILES string of the molecule is N#Cc1nccnc1NCc1ccc(-c2ccn[nH]2)cc1. The molecule has 0 atom stereocenters. The molecular weight excluding hydrogens is 264 g/mol. The molecule has 0 unspecified atom stereocenters. The van der Waals surface area contributed by atoms with E-state index >= 15 is 0 Å². The third-order valence-electron chi connectivity index (χ3n) is 3.03. The Labute approximate surface area is 121 Å². The normalized spacial score (nSPS) is 10.0. The standard InChI is InChI=1S/C15H12N6/c16-9-14-15(18-8-7-17-14)19-10-11-1-3-12(4-2-11)13-5-6-20-21-13/h1-8H,10H2,(H,18,19)(H,20,21). The zero-order valence-corrected chi connectivity index (χ0v) is 11.1. The van der Waals surface area contributed by atoms with Gasteiger partial charge in [0.25, 0.3) is 0 Å². The van der Waals surface area contributed by atoms with Crippen LogP contribution in [0.3, 0.4) is 0 Å². The van der Waals surface area contributed by atoms with Gasteiger partial charge < -0.3 is 5.32 Å². The monoisotopic (exact) mass is 276 g/mol. The summed E-state index contributed by atoms with van der Waals surface area (Å²) in [5.74, 6) is 0.498. The number of hydrogen-bond donors (Lipinski definition) is 2. The Balaban J connectivity index is 1.70. The van der Waals surface area contributed by atoms with E-state index in [4.69, 9.17) is 5.26 Å². The number of H-pyrrole nitrogens is 1. The summed E-state index contributed by atoms with van der Waals surface area (Å²) in [6, 6.07) is 12.0. The minimum atomic E-state index is 0.298. The van der Waals surface area contributed by atoms with Crippen molar-refractivity contribution in [3.05, 3.63) is 60.2 Å². The Hall–Kier alpha value is -3.20. The molecule has 0 radical (unpaired) electrons. The molecule has 6 heteroatoms. The first-order valence-electron chi connectivity index (χ1n) is 6.40. The van der Waals surface area contributed by atoms with Gasteiger partial charge in [0.05, 0.1) is 5.69 Å². The highest BCUT2D eigenvalue weighted by Gasteiger charge is 2.04. The number of aromatic amines is 1. The summed E-state index contributed by atoms with van der Waals surface area (Å²) in [6.07, 6.45) is 4.79. The molecule has 0 saturated heterocycles. The van der Waals surface area contributed by atoms with E-state index in [0.717, 1.165) is 16.8 Å². The fraction of sp³-hybridized carbons (Fsp3) is 0.0667. The molecule has 3 aromatic rings. The van der Waals surface area contributed by atoms with Crippen LogP contribution in [0.25, 0.3) is 11.3 Å². The molecule has 1 aromatic carbocycles. The number of benzene rings is 1. The first-order valence-corrected chi connectivity index (χ1v) is 6.40. The summed E-state index contributed by atoms with van der Waals surface area (Å²) in [7, 11) is 0. The van der Waals surface area contributed by atoms with Crippen molar-refractivity contribution in [3.63, 3.8) is 0 Å². The van der Waals surface area contributed by atoms with E-state index in [1.807, 2.05) is 36.4 Å². The Morgan fingerprint density at radius 1 is 1.05 bits per heavy atom. The van der Waals surface area contributed by atoms with Crippen molar-refractivity contribution in [1.82, 2.24) is 20.2 Å². The molecule has 0 saturated carbocycles. The van der Waals surface area contributed by atoms with Crippen molar-refractivity contribution in [1.29, 1.82) is 5.26 Å². The van der Waals surface area contributed by atoms with Crippen molar-refractivity contribution >= 4 is 5.82 Å². The number of anilines is 1. The molecule has 0 bridgehead atoms. The number of rotatable bonds is 4. The highest BCUT2D eigenvalue weighted by molar-refractivity contribution is 5.58. The lowest BCUT2D eigenvalue weighted by Gasteiger charge is -2.07. The molecule has 2 N–H and O–H groups in total. The number of nitriles is 1. The van der Waals surface area contributed by atoms with Crippen LogP contribution in [-0.2, 0) is 6.54 Å². The highest BCUT2D eigenvalue weighted by atomic mass is 15.1. The minimum absolute atomic E-state index is 0.298. The zero-order chi connectivity index (χ0) is 14.5. The largest absolute Gasteiger partial charge is 0.364 e. The first-order chi connectivity index (χ1) is 10.4. The summed E-state index contributed by atoms with van der Waals surface area (Å²) >= 11 is 0. The molecule has 0 amide bonds. The fourth-order valence-electron chi connectivity index (χ4n) is 1.95. The fourth-order valence-corrected chi connectivity index (χ4v) is 1.95. The highest BCUT2D eigenvalue weighted by Crippen LogP contribution is 2.17. The van der Waals surface area contributed by atoms with Gasteiger partial charge in [-0.25, -0.2) is 9.97 Å². The second-order valence-electron chi connectivity index (χ2n) is 4.39. The quantitative estimate of drug-likeness (QED) is 0.763. The second-order valence-corrected chi connectivity index (χ2v) is 4.39. The number of nitrogens with zero attached hydrogens (tertiary/aromatic N) is 4. The lowest BCUT2D eigenvalue weighted by atomic mass is 10.1. The maximum absolute atomic E-state index is 8.96. The third kappa shape index (κ3) is 2.87. The lowest BCUT2D eigenvalue weighted by Crippen LogP contribution is -2.04. The molecule has 6 nitrogen and oxygen atoms in total. The second kappa shape index (κ2) is 5.84. The van der Waals surface area contributed by atoms with Crippen LogP contribution in [0.15, 0.2) is 48.9 Å². The average Bonchev–Trinajstić information content (AvgIpc) is 3.08. The first kappa shape index (κ1) is 12.8. The molecule has 2 heterocycles. The van der Waals surface area contributed by atoms with Gasteiger partial charge in [0.1, 0.15) is 6.07 Å².